The average molecular weight is 425 g/mol. The van der Waals surface area contributed by atoms with Gasteiger partial charge in [-0.15, -0.1) is 0 Å². The molecule has 0 spiro atoms. The number of rotatable bonds is 6. The molecule has 1 unspecified atom stereocenters. The van der Waals surface area contributed by atoms with Gasteiger partial charge >= 0.3 is 6.18 Å². The molecule has 0 radical (unpaired) electrons. The number of alkyl halides is 3. The van der Waals surface area contributed by atoms with Gasteiger partial charge in [-0.05, 0) is 26.0 Å². The molecule has 1 aliphatic heterocycles. The predicted molar refractivity (Wildman–Crippen MR) is 107 cm³/mol. The van der Waals surface area contributed by atoms with Gasteiger partial charge in [-0.1, -0.05) is 0 Å². The van der Waals surface area contributed by atoms with Crippen molar-refractivity contribution in [2.24, 2.45) is 12.0 Å². The number of halogens is 3. The van der Waals surface area contributed by atoms with E-state index in [0.29, 0.717) is 19.1 Å². The van der Waals surface area contributed by atoms with Gasteiger partial charge in [0.2, 0.25) is 0 Å². The van der Waals surface area contributed by atoms with Gasteiger partial charge in [0.25, 0.3) is 0 Å². The van der Waals surface area contributed by atoms with Crippen LogP contribution in [0.2, 0.25) is 0 Å². The van der Waals surface area contributed by atoms with E-state index in [4.69, 9.17) is 9.47 Å². The van der Waals surface area contributed by atoms with E-state index in [2.05, 4.69) is 20.7 Å². The van der Waals surface area contributed by atoms with Crippen LogP contribution in [0.5, 0.6) is 11.5 Å². The van der Waals surface area contributed by atoms with Gasteiger partial charge in [0.1, 0.15) is 17.6 Å². The van der Waals surface area contributed by atoms with Gasteiger partial charge in [-0.2, -0.15) is 18.3 Å². The Morgan fingerprint density at radius 1 is 1.30 bits per heavy atom. The van der Waals surface area contributed by atoms with Crippen molar-refractivity contribution < 1.29 is 22.6 Å². The molecule has 1 aromatic carbocycles. The number of aryl methyl sites for hydroxylation is 1. The van der Waals surface area contributed by atoms with Crippen molar-refractivity contribution in [1.29, 1.82) is 0 Å². The van der Waals surface area contributed by atoms with Crippen LogP contribution in [-0.2, 0) is 32.7 Å². The van der Waals surface area contributed by atoms with Crippen LogP contribution in [0.4, 0.5) is 13.2 Å². The molecule has 10 heteroatoms. The highest BCUT2D eigenvalue weighted by molar-refractivity contribution is 5.79. The molecule has 2 heterocycles. The normalized spacial score (nSPS) is 16.2. The molecule has 2 aromatic rings. The smallest absolute Gasteiger partial charge is 0.435 e. The number of aromatic nitrogens is 2. The molecule has 0 fully saturated rings. The summed E-state index contributed by atoms with van der Waals surface area (Å²) in [6, 6.07) is 3.92. The first-order valence-electron chi connectivity index (χ1n) is 9.70. The first kappa shape index (κ1) is 21.8. The number of nitrogens with zero attached hydrogens (tertiary/aromatic N) is 3. The zero-order valence-corrected chi connectivity index (χ0v) is 17.4. The van der Waals surface area contributed by atoms with Gasteiger partial charge in [-0.3, -0.25) is 9.67 Å². The maximum atomic E-state index is 13.1. The molecule has 2 N–H and O–H groups in total. The fourth-order valence-electron chi connectivity index (χ4n) is 3.39. The van der Waals surface area contributed by atoms with Crippen LogP contribution < -0.4 is 20.1 Å². The van der Waals surface area contributed by atoms with Gasteiger partial charge in [0.15, 0.2) is 11.7 Å². The van der Waals surface area contributed by atoms with Crippen molar-refractivity contribution in [3.05, 3.63) is 40.7 Å². The monoisotopic (exact) mass is 425 g/mol. The van der Waals surface area contributed by atoms with Gasteiger partial charge in [-0.25, -0.2) is 0 Å². The number of hydrogen-bond acceptors (Lipinski definition) is 4. The molecule has 0 bridgehead atoms. The molecule has 164 valence electrons. The lowest BCUT2D eigenvalue weighted by molar-refractivity contribution is -0.142. The average Bonchev–Trinajstić information content (AvgIpc) is 3.22. The Morgan fingerprint density at radius 3 is 2.63 bits per heavy atom. The summed E-state index contributed by atoms with van der Waals surface area (Å²) in [6.07, 6.45) is -2.22. The van der Waals surface area contributed by atoms with Crippen LogP contribution in [0.1, 0.15) is 36.2 Å². The molecule has 0 saturated heterocycles. The lowest BCUT2D eigenvalue weighted by Gasteiger charge is -2.16. The highest BCUT2D eigenvalue weighted by atomic mass is 19.4. The topological polar surface area (TPSA) is 72.7 Å². The quantitative estimate of drug-likeness (QED) is 0.550. The van der Waals surface area contributed by atoms with Gasteiger partial charge in [0.05, 0.1) is 6.61 Å². The standard InChI is InChI=1S/C20H26F3N5O2/c1-5-29-16-7-13-6-12(2)30-17(13)8-14(16)9-25-19(24-3)26-10-15-11-28(4)27-18(15)20(21,22)23/h7-8,11-12H,5-6,9-10H2,1-4H3,(H2,24,25,26). The van der Waals surface area contributed by atoms with Crippen LogP contribution in [0.15, 0.2) is 23.3 Å². The molecule has 1 aliphatic rings. The minimum atomic E-state index is -4.51. The number of fused-ring (bicyclic) bond motifs is 1. The fraction of sp³-hybridized carbons (Fsp3) is 0.500. The number of hydrogen-bond donors (Lipinski definition) is 2. The first-order chi connectivity index (χ1) is 14.2. The van der Waals surface area contributed by atoms with E-state index in [9.17, 15) is 13.2 Å². The van der Waals surface area contributed by atoms with Crippen LogP contribution >= 0.6 is 0 Å². The van der Waals surface area contributed by atoms with E-state index in [1.807, 2.05) is 26.0 Å². The maximum absolute atomic E-state index is 13.1. The summed E-state index contributed by atoms with van der Waals surface area (Å²) in [7, 11) is 3.01. The summed E-state index contributed by atoms with van der Waals surface area (Å²) >= 11 is 0. The first-order valence-corrected chi connectivity index (χ1v) is 9.70. The summed E-state index contributed by atoms with van der Waals surface area (Å²) in [4.78, 5) is 4.09. The lowest BCUT2D eigenvalue weighted by Crippen LogP contribution is -2.36. The van der Waals surface area contributed by atoms with Crippen molar-refractivity contribution >= 4 is 5.96 Å². The number of nitrogens with one attached hydrogen (secondary N) is 2. The van der Waals surface area contributed by atoms with Crippen LogP contribution in [-0.4, -0.2) is 35.5 Å². The van der Waals surface area contributed by atoms with E-state index >= 15 is 0 Å². The zero-order valence-electron chi connectivity index (χ0n) is 17.4. The molecule has 3 rings (SSSR count). The Kier molecular flexibility index (Phi) is 6.42. The van der Waals surface area contributed by atoms with E-state index in [0.717, 1.165) is 33.7 Å². The van der Waals surface area contributed by atoms with Crippen LogP contribution in [0, 0.1) is 0 Å². The van der Waals surface area contributed by atoms with E-state index in [1.54, 1.807) is 7.05 Å². The zero-order chi connectivity index (χ0) is 21.9. The Labute approximate surface area is 173 Å². The van der Waals surface area contributed by atoms with Crippen molar-refractivity contribution in [2.75, 3.05) is 13.7 Å². The second-order valence-electron chi connectivity index (χ2n) is 7.09. The highest BCUT2D eigenvalue weighted by Gasteiger charge is 2.36. The molecular formula is C20H26F3N5O2. The van der Waals surface area contributed by atoms with Crippen molar-refractivity contribution in [1.82, 2.24) is 20.4 Å². The summed E-state index contributed by atoms with van der Waals surface area (Å²) < 4.78 is 52.1. The van der Waals surface area contributed by atoms with Crippen molar-refractivity contribution in [2.45, 2.75) is 45.6 Å². The Hall–Kier alpha value is -2.91. The second-order valence-corrected chi connectivity index (χ2v) is 7.09. The summed E-state index contributed by atoms with van der Waals surface area (Å²) in [5, 5.41) is 9.53. The van der Waals surface area contributed by atoms with Gasteiger partial charge in [0, 0.05) is 56.5 Å². The highest BCUT2D eigenvalue weighted by Crippen LogP contribution is 2.35. The minimum absolute atomic E-state index is 0.0443. The minimum Gasteiger partial charge on any atom is -0.494 e. The summed E-state index contributed by atoms with van der Waals surface area (Å²) in [5.74, 6) is 1.95. The molecule has 30 heavy (non-hydrogen) atoms. The van der Waals surface area contributed by atoms with E-state index in [-0.39, 0.29) is 18.2 Å². The molecule has 7 nitrogen and oxygen atoms in total. The molecule has 0 aliphatic carbocycles. The molecule has 0 saturated carbocycles. The number of aliphatic imine (C=N–C) groups is 1. The number of guanidine groups is 1. The molecule has 1 aromatic heterocycles. The molecular weight excluding hydrogens is 399 g/mol. The third-order valence-corrected chi connectivity index (χ3v) is 4.67. The van der Waals surface area contributed by atoms with Crippen LogP contribution in [0.3, 0.4) is 0 Å². The Bertz CT molecular complexity index is 924. The Morgan fingerprint density at radius 2 is 2.00 bits per heavy atom. The van der Waals surface area contributed by atoms with Crippen molar-refractivity contribution in [3.63, 3.8) is 0 Å². The Balaban J connectivity index is 1.68. The lowest BCUT2D eigenvalue weighted by atomic mass is 10.1. The third kappa shape index (κ3) is 4.98. The largest absolute Gasteiger partial charge is 0.494 e. The molecule has 0 amide bonds. The fourth-order valence-corrected chi connectivity index (χ4v) is 3.39. The maximum Gasteiger partial charge on any atom is 0.435 e. The van der Waals surface area contributed by atoms with E-state index in [1.165, 1.54) is 13.2 Å². The van der Waals surface area contributed by atoms with Crippen molar-refractivity contribution in [3.8, 4) is 11.5 Å². The van der Waals surface area contributed by atoms with E-state index < -0.39 is 11.9 Å². The number of ether oxygens (including phenoxy) is 2. The van der Waals surface area contributed by atoms with Gasteiger partial charge < -0.3 is 20.1 Å². The molecule has 1 atom stereocenters. The number of benzene rings is 1. The summed E-state index contributed by atoms with van der Waals surface area (Å²) in [5.41, 5.74) is 1.12. The third-order valence-electron chi connectivity index (χ3n) is 4.67. The second kappa shape index (κ2) is 8.85. The summed E-state index contributed by atoms with van der Waals surface area (Å²) in [6.45, 7) is 4.76. The predicted octanol–water partition coefficient (Wildman–Crippen LogP) is 3.03. The van der Waals surface area contributed by atoms with Crippen LogP contribution in [0.25, 0.3) is 0 Å². The SMILES string of the molecule is CCOc1cc2c(cc1CNC(=NC)NCc1cn(C)nc1C(F)(F)F)OC(C)C2.